The first-order chi connectivity index (χ1) is 55.4. The SMILES string of the molecule is CC(C)[C@@H](CN1CCC[C@H]1C(=O)N1CCC[C@H]1C(=O)NCc1ccccc1)N(C)C(=O)[C@@H](NC(=O)C1CCCCN1C)C(C)(C)C.CC(C)[C@@H](CN1CCC[C@H]1C(=O)N1CCC[C@H]1C(N)=O)N(C)C(=O)[C@@H](NC(=O)C1CCCCN1C)C(C)(C)C.COC(=O)[C@@H]1CCCN1C[C@H](C(C)C)N(C)C(=O)[C@@H](NC(=O)C1CCCCN1C)C(C)(C)C. The van der Waals surface area contributed by atoms with Crippen molar-refractivity contribution >= 4 is 65.0 Å². The molecule has 28 nitrogen and oxygen atoms in total. The third-order valence-electron chi connectivity index (χ3n) is 26.7. The zero-order chi connectivity index (χ0) is 87.6. The molecule has 668 valence electrons. The van der Waals surface area contributed by atoms with E-state index in [9.17, 15) is 52.7 Å². The number of carbonyl (C=O) groups is 11. The van der Waals surface area contributed by atoms with Crippen LogP contribution < -0.4 is 27.0 Å². The second-order valence-electron chi connectivity index (χ2n) is 39.6. The molecule has 0 bridgehead atoms. The minimum atomic E-state index is -0.669. The van der Waals surface area contributed by atoms with Gasteiger partial charge in [0.05, 0.1) is 37.3 Å². The Morgan fingerprint density at radius 1 is 0.398 bits per heavy atom. The van der Waals surface area contributed by atoms with Crippen LogP contribution in [0, 0.1) is 34.0 Å². The summed E-state index contributed by atoms with van der Waals surface area (Å²) in [6.07, 6.45) is 16.6. The first-order valence-corrected chi connectivity index (χ1v) is 44.7. The predicted molar refractivity (Wildman–Crippen MR) is 462 cm³/mol. The molecule has 6 N–H and O–H groups in total. The summed E-state index contributed by atoms with van der Waals surface area (Å²) in [5.41, 5.74) is 5.23. The maximum absolute atomic E-state index is 14.2. The van der Waals surface area contributed by atoms with Gasteiger partial charge in [0.1, 0.15) is 36.3 Å². The Bertz CT molecular complexity index is 3490. The highest BCUT2D eigenvalue weighted by Crippen LogP contribution is 2.34. The molecule has 10 amide bonds. The zero-order valence-corrected chi connectivity index (χ0v) is 76.5. The minimum Gasteiger partial charge on any atom is -0.468 e. The quantitative estimate of drug-likeness (QED) is 0.0539. The molecule has 14 atom stereocenters. The van der Waals surface area contributed by atoms with Crippen molar-refractivity contribution in [1.82, 2.24) is 75.2 Å². The number of rotatable bonds is 28. The van der Waals surface area contributed by atoms with E-state index < -0.39 is 52.4 Å². The van der Waals surface area contributed by atoms with Gasteiger partial charge in [-0.2, -0.15) is 0 Å². The van der Waals surface area contributed by atoms with Crippen LogP contribution in [-0.4, -0.2) is 325 Å². The van der Waals surface area contributed by atoms with E-state index in [0.29, 0.717) is 52.1 Å². The number of hydrogen-bond acceptors (Lipinski definition) is 18. The Morgan fingerprint density at radius 3 is 1.01 bits per heavy atom. The summed E-state index contributed by atoms with van der Waals surface area (Å²) in [6, 6.07) is 5.01. The lowest BCUT2D eigenvalue weighted by atomic mass is 9.84. The molecular weight excluding hydrogens is 1500 g/mol. The lowest BCUT2D eigenvalue weighted by Crippen LogP contribution is -2.61. The fourth-order valence-electron chi connectivity index (χ4n) is 19.1. The van der Waals surface area contributed by atoms with E-state index >= 15 is 0 Å². The molecule has 1 aromatic carbocycles. The van der Waals surface area contributed by atoms with Gasteiger partial charge < -0.3 is 56.2 Å². The van der Waals surface area contributed by atoms with Crippen molar-refractivity contribution in [2.45, 2.75) is 317 Å². The van der Waals surface area contributed by atoms with Crippen LogP contribution in [0.1, 0.15) is 231 Å². The summed E-state index contributed by atoms with van der Waals surface area (Å²) >= 11 is 0. The highest BCUT2D eigenvalue weighted by atomic mass is 16.5. The summed E-state index contributed by atoms with van der Waals surface area (Å²) in [7, 11) is 12.8. The maximum atomic E-state index is 14.2. The van der Waals surface area contributed by atoms with E-state index in [0.717, 1.165) is 154 Å². The number of piperidine rings is 3. The highest BCUT2D eigenvalue weighted by Gasteiger charge is 2.48. The number of ether oxygens (including phenoxy) is 1. The van der Waals surface area contributed by atoms with Crippen molar-refractivity contribution in [2.24, 2.45) is 39.7 Å². The molecular formula is C90H156N16O12. The van der Waals surface area contributed by atoms with Crippen LogP contribution in [0.25, 0.3) is 0 Å². The van der Waals surface area contributed by atoms with Crippen molar-refractivity contribution < 1.29 is 57.5 Å². The number of methoxy groups -OCH3 is 1. The Labute approximate surface area is 708 Å². The Hall–Kier alpha value is -6.85. The van der Waals surface area contributed by atoms with Gasteiger partial charge in [-0.3, -0.25) is 82.1 Å². The molecule has 8 aliphatic rings. The number of nitrogens with two attached hydrogens (primary N) is 1. The van der Waals surface area contributed by atoms with Gasteiger partial charge in [-0.1, -0.05) is 153 Å². The summed E-state index contributed by atoms with van der Waals surface area (Å²) in [4.78, 5) is 168. The molecule has 9 rings (SSSR count). The molecule has 1 aromatic rings. The number of nitrogens with zero attached hydrogens (tertiary/aromatic N) is 11. The van der Waals surface area contributed by atoms with Crippen LogP contribution in [-0.2, 0) is 64.0 Å². The molecule has 0 aliphatic carbocycles. The van der Waals surface area contributed by atoms with E-state index in [1.807, 2.05) is 135 Å². The number of benzene rings is 1. The van der Waals surface area contributed by atoms with Crippen molar-refractivity contribution in [2.75, 3.05) is 121 Å². The molecule has 0 radical (unpaired) electrons. The second kappa shape index (κ2) is 44.3. The lowest BCUT2D eigenvalue weighted by Gasteiger charge is -2.41. The number of primary amides is 1. The molecule has 8 fully saturated rings. The summed E-state index contributed by atoms with van der Waals surface area (Å²) in [5, 5.41) is 12.4. The Morgan fingerprint density at radius 2 is 0.695 bits per heavy atom. The predicted octanol–water partition coefficient (Wildman–Crippen LogP) is 6.80. The van der Waals surface area contributed by atoms with Gasteiger partial charge in [-0.05, 0) is 203 Å². The number of likely N-dealkylation sites (N-methyl/N-ethyl adjacent to an activating group) is 6. The van der Waals surface area contributed by atoms with Crippen LogP contribution in [0.15, 0.2) is 30.3 Å². The van der Waals surface area contributed by atoms with Gasteiger partial charge in [-0.25, -0.2) is 0 Å². The zero-order valence-electron chi connectivity index (χ0n) is 76.5. The van der Waals surface area contributed by atoms with E-state index in [-0.39, 0.29) is 131 Å². The van der Waals surface area contributed by atoms with Crippen LogP contribution in [0.2, 0.25) is 0 Å². The lowest BCUT2D eigenvalue weighted by molar-refractivity contribution is -0.147. The number of nitrogens with one attached hydrogen (secondary N) is 4. The fraction of sp³-hybridized carbons (Fsp3) is 0.811. The summed E-state index contributed by atoms with van der Waals surface area (Å²) in [6.45, 7) is 38.8. The highest BCUT2D eigenvalue weighted by molar-refractivity contribution is 5.94. The molecule has 3 unspecified atom stereocenters. The monoisotopic (exact) mass is 1650 g/mol. The van der Waals surface area contributed by atoms with Gasteiger partial charge in [-0.15, -0.1) is 0 Å². The molecule has 118 heavy (non-hydrogen) atoms. The average molecular weight is 1650 g/mol. The molecule has 0 spiro atoms. The van der Waals surface area contributed by atoms with Crippen LogP contribution in [0.5, 0.6) is 0 Å². The van der Waals surface area contributed by atoms with Gasteiger partial charge in [0.25, 0.3) is 0 Å². The van der Waals surface area contributed by atoms with Crippen molar-refractivity contribution in [3.8, 4) is 0 Å². The standard InChI is InChI=1S/C36H58N6O4.C29H52N6O4.C25H46N4O4/c1-25(2)30(40(7)35(46)31(36(3,4)5)38-33(44)27-17-11-12-20-39(27)6)24-41-21-13-19-29(41)34(45)42-22-14-18-28(42)32(43)37-23-26-15-9-8-10-16-26;1-19(2)23(18-34-16-10-14-22(34)27(38)35-17-11-13-20(35)25(30)36)33(7)28(39)24(29(3,4)5)31-26(37)21-12-8-9-15-32(21)6;1-17(2)20(16-29-15-11-13-19(29)24(32)33-8)28(7)23(31)21(25(3,4)5)26-22(30)18-12-9-10-14-27(18)6/h8-10,15-16,25,27-31H,11-14,17-24H2,1-7H3,(H,37,43)(H,38,44);19-24H,8-18H2,1-7H3,(H2,30,36)(H,31,37);17-21H,9-16H2,1-8H3,(H,26,30)/t27?,28-,29-,30+,31+;20-,21?,22-,23+,24+;18?,19-,20+,21+/m000/s1. The first kappa shape index (κ1) is 98.3. The van der Waals surface area contributed by atoms with E-state index in [1.165, 1.54) is 7.11 Å². The largest absolute Gasteiger partial charge is 0.468 e. The van der Waals surface area contributed by atoms with E-state index in [2.05, 4.69) is 92.2 Å². The summed E-state index contributed by atoms with van der Waals surface area (Å²) < 4.78 is 4.99. The Balaban J connectivity index is 0.000000248. The Kier molecular flexibility index (Phi) is 36.9. The van der Waals surface area contributed by atoms with Crippen LogP contribution in [0.3, 0.4) is 0 Å². The van der Waals surface area contributed by atoms with Gasteiger partial charge in [0.15, 0.2) is 0 Å². The topological polar surface area (TPSA) is 307 Å². The molecule has 8 saturated heterocycles. The first-order valence-electron chi connectivity index (χ1n) is 44.7. The molecule has 8 heterocycles. The van der Waals surface area contributed by atoms with Crippen LogP contribution >= 0.6 is 0 Å². The molecule has 8 aliphatic heterocycles. The minimum absolute atomic E-state index is 0.0165. The van der Waals surface area contributed by atoms with Crippen LogP contribution in [0.4, 0.5) is 0 Å². The number of amides is 10. The fourth-order valence-corrected chi connectivity index (χ4v) is 19.1. The van der Waals surface area contributed by atoms with E-state index in [4.69, 9.17) is 10.5 Å². The van der Waals surface area contributed by atoms with Crippen molar-refractivity contribution in [3.05, 3.63) is 35.9 Å². The third kappa shape index (κ3) is 26.1. The number of esters is 1. The molecule has 0 saturated carbocycles. The number of hydrogen-bond donors (Lipinski definition) is 5. The van der Waals surface area contributed by atoms with Gasteiger partial charge in [0.2, 0.25) is 59.1 Å². The molecule has 0 aromatic heterocycles. The van der Waals surface area contributed by atoms with Gasteiger partial charge >= 0.3 is 5.97 Å². The van der Waals surface area contributed by atoms with Crippen molar-refractivity contribution in [3.63, 3.8) is 0 Å². The average Bonchev–Trinajstić information content (AvgIpc) is 1.43. The third-order valence-corrected chi connectivity index (χ3v) is 26.7. The van der Waals surface area contributed by atoms with E-state index in [1.54, 1.807) is 24.5 Å². The van der Waals surface area contributed by atoms with Crippen molar-refractivity contribution in [1.29, 1.82) is 0 Å². The second-order valence-corrected chi connectivity index (χ2v) is 39.6. The van der Waals surface area contributed by atoms with Gasteiger partial charge in [0, 0.05) is 78.5 Å². The normalized spacial score (nSPS) is 25.0. The molecule has 28 heteroatoms. The smallest absolute Gasteiger partial charge is 0.323 e. The number of likely N-dealkylation sites (tertiary alicyclic amines) is 8. The number of carbonyl (C=O) groups excluding carboxylic acids is 11. The summed E-state index contributed by atoms with van der Waals surface area (Å²) in [5.74, 6) is -0.808. The maximum Gasteiger partial charge on any atom is 0.323 e.